The Morgan fingerprint density at radius 3 is 2.18 bits per heavy atom. The number of benzene rings is 1. The quantitative estimate of drug-likeness (QED) is 0.758. The molecule has 5 heteroatoms. The molecule has 0 aliphatic rings. The van der Waals surface area contributed by atoms with Crippen LogP contribution in [0.5, 0.6) is 5.75 Å². The minimum Gasteiger partial charge on any atom is -0.508 e. The van der Waals surface area contributed by atoms with Gasteiger partial charge < -0.3 is 15.1 Å². The Morgan fingerprint density at radius 1 is 1.29 bits per heavy atom. The van der Waals surface area contributed by atoms with Gasteiger partial charge in [0.15, 0.2) is 6.04 Å². The average Bonchev–Trinajstić information content (AvgIpc) is 2.26. The molecule has 0 aliphatic heterocycles. The van der Waals surface area contributed by atoms with Crippen LogP contribution in [0.4, 0.5) is 0 Å². The van der Waals surface area contributed by atoms with Gasteiger partial charge in [0.2, 0.25) is 6.41 Å². The van der Waals surface area contributed by atoms with Crippen molar-refractivity contribution in [1.82, 2.24) is 4.90 Å². The lowest BCUT2D eigenvalue weighted by atomic mass is 10.0. The molecule has 1 aromatic rings. The number of rotatable bonds is 5. The molecule has 0 fully saturated rings. The van der Waals surface area contributed by atoms with Crippen molar-refractivity contribution < 1.29 is 19.8 Å². The predicted octanol–water partition coefficient (Wildman–Crippen LogP) is 1.38. The molecule has 5 nitrogen and oxygen atoms in total. The Kier molecular flexibility index (Phi) is 4.09. The van der Waals surface area contributed by atoms with Crippen molar-refractivity contribution in [2.45, 2.75) is 25.9 Å². The number of hydrogen-bond acceptors (Lipinski definition) is 3. The molecule has 1 unspecified atom stereocenters. The number of hydrogen-bond donors (Lipinski definition) is 2. The Morgan fingerprint density at radius 2 is 1.82 bits per heavy atom. The van der Waals surface area contributed by atoms with Crippen LogP contribution in [0.15, 0.2) is 24.3 Å². The molecule has 2 N–H and O–H groups in total. The zero-order valence-corrected chi connectivity index (χ0v) is 9.70. The lowest BCUT2D eigenvalue weighted by Crippen LogP contribution is -2.37. The fourth-order valence-corrected chi connectivity index (χ4v) is 1.58. The van der Waals surface area contributed by atoms with Crippen LogP contribution in [0.2, 0.25) is 0 Å². The second kappa shape index (κ2) is 5.34. The van der Waals surface area contributed by atoms with Crippen LogP contribution in [0.3, 0.4) is 0 Å². The van der Waals surface area contributed by atoms with E-state index in [1.807, 2.05) is 0 Å². The molecule has 0 radical (unpaired) electrons. The molecule has 17 heavy (non-hydrogen) atoms. The van der Waals surface area contributed by atoms with Crippen molar-refractivity contribution in [3.8, 4) is 5.75 Å². The first-order chi connectivity index (χ1) is 7.97. The largest absolute Gasteiger partial charge is 0.508 e. The number of nitrogens with zero attached hydrogens (tertiary/aromatic N) is 1. The van der Waals surface area contributed by atoms with E-state index in [0.717, 1.165) is 0 Å². The first-order valence-corrected chi connectivity index (χ1v) is 5.22. The van der Waals surface area contributed by atoms with Gasteiger partial charge in [-0.3, -0.25) is 4.79 Å². The summed E-state index contributed by atoms with van der Waals surface area (Å²) in [5.41, 5.74) is 0.455. The number of aromatic hydroxyl groups is 1. The number of carboxylic acid groups (broad SMARTS) is 1. The summed E-state index contributed by atoms with van der Waals surface area (Å²) in [4.78, 5) is 23.4. The van der Waals surface area contributed by atoms with Crippen molar-refractivity contribution in [2.24, 2.45) is 0 Å². The van der Waals surface area contributed by atoms with E-state index < -0.39 is 12.0 Å². The van der Waals surface area contributed by atoms with Gasteiger partial charge in [0.1, 0.15) is 5.75 Å². The van der Waals surface area contributed by atoms with E-state index in [4.69, 9.17) is 5.11 Å². The zero-order chi connectivity index (χ0) is 13.0. The highest BCUT2D eigenvalue weighted by Crippen LogP contribution is 2.23. The minimum absolute atomic E-state index is 0.0556. The molecule has 0 saturated carbocycles. The van der Waals surface area contributed by atoms with Crippen molar-refractivity contribution in [3.63, 3.8) is 0 Å². The molecular weight excluding hydrogens is 222 g/mol. The summed E-state index contributed by atoms with van der Waals surface area (Å²) in [6.45, 7) is 3.48. The second-order valence-corrected chi connectivity index (χ2v) is 3.98. The van der Waals surface area contributed by atoms with Crippen molar-refractivity contribution in [2.75, 3.05) is 0 Å². The first-order valence-electron chi connectivity index (χ1n) is 5.22. The third kappa shape index (κ3) is 2.96. The molecule has 92 valence electrons. The summed E-state index contributed by atoms with van der Waals surface area (Å²) in [6.07, 6.45) is 0.524. The molecule has 0 saturated heterocycles. The van der Waals surface area contributed by atoms with Crippen molar-refractivity contribution in [1.29, 1.82) is 0 Å². The normalized spacial score (nSPS) is 12.2. The van der Waals surface area contributed by atoms with Gasteiger partial charge in [-0.15, -0.1) is 0 Å². The maximum Gasteiger partial charge on any atom is 0.331 e. The fourth-order valence-electron chi connectivity index (χ4n) is 1.58. The highest BCUT2D eigenvalue weighted by molar-refractivity contribution is 5.78. The molecule has 0 aliphatic carbocycles. The Bertz CT molecular complexity index is 399. The fraction of sp³-hybridized carbons (Fsp3) is 0.333. The smallest absolute Gasteiger partial charge is 0.331 e. The molecule has 1 aromatic carbocycles. The molecule has 1 amide bonds. The van der Waals surface area contributed by atoms with Gasteiger partial charge in [-0.2, -0.15) is 0 Å². The van der Waals surface area contributed by atoms with Crippen LogP contribution in [0.25, 0.3) is 0 Å². The van der Waals surface area contributed by atoms with Gasteiger partial charge in [-0.25, -0.2) is 4.79 Å². The molecule has 0 aromatic heterocycles. The maximum absolute atomic E-state index is 11.2. The van der Waals surface area contributed by atoms with Gasteiger partial charge in [-0.05, 0) is 31.5 Å². The summed E-state index contributed by atoms with van der Waals surface area (Å²) in [6, 6.07) is 4.53. The summed E-state index contributed by atoms with van der Waals surface area (Å²) in [5, 5.41) is 18.3. The standard InChI is InChI=1S/C12H15NO4/c1-8(2)13(7-14)11(12(16)17)9-3-5-10(15)6-4-9/h3-8,11,15H,1-2H3,(H,16,17). The van der Waals surface area contributed by atoms with Crippen molar-refractivity contribution in [3.05, 3.63) is 29.8 Å². The molecule has 1 atom stereocenters. The third-order valence-corrected chi connectivity index (χ3v) is 2.46. The van der Waals surface area contributed by atoms with Crippen LogP contribution in [-0.4, -0.2) is 33.5 Å². The number of carbonyl (C=O) groups is 2. The third-order valence-electron chi connectivity index (χ3n) is 2.46. The molecule has 0 bridgehead atoms. The van der Waals surface area contributed by atoms with Crippen LogP contribution in [0.1, 0.15) is 25.5 Å². The molecule has 1 rings (SSSR count). The van der Waals surface area contributed by atoms with E-state index in [0.29, 0.717) is 12.0 Å². The van der Waals surface area contributed by atoms with E-state index in [9.17, 15) is 14.7 Å². The predicted molar refractivity (Wildman–Crippen MR) is 61.5 cm³/mol. The number of carboxylic acids is 1. The topological polar surface area (TPSA) is 77.8 Å². The summed E-state index contributed by atoms with van der Waals surface area (Å²) >= 11 is 0. The van der Waals surface area contributed by atoms with Gasteiger partial charge >= 0.3 is 5.97 Å². The Hall–Kier alpha value is -2.04. The molecule has 0 heterocycles. The van der Waals surface area contributed by atoms with Gasteiger partial charge in [0.05, 0.1) is 0 Å². The van der Waals surface area contributed by atoms with E-state index in [1.165, 1.54) is 29.2 Å². The lowest BCUT2D eigenvalue weighted by Gasteiger charge is -2.28. The highest BCUT2D eigenvalue weighted by atomic mass is 16.4. The Balaban J connectivity index is 3.12. The number of carbonyl (C=O) groups excluding carboxylic acids is 1. The number of amides is 1. The monoisotopic (exact) mass is 237 g/mol. The van der Waals surface area contributed by atoms with Gasteiger partial charge in [-0.1, -0.05) is 12.1 Å². The van der Waals surface area contributed by atoms with Crippen molar-refractivity contribution >= 4 is 12.4 Å². The maximum atomic E-state index is 11.2. The minimum atomic E-state index is -1.10. The van der Waals surface area contributed by atoms with E-state index in [-0.39, 0.29) is 11.8 Å². The van der Waals surface area contributed by atoms with E-state index in [1.54, 1.807) is 13.8 Å². The first kappa shape index (κ1) is 13.0. The molecular formula is C12H15NO4. The van der Waals surface area contributed by atoms with Gasteiger partial charge in [0, 0.05) is 6.04 Å². The van der Waals surface area contributed by atoms with Gasteiger partial charge in [0.25, 0.3) is 0 Å². The average molecular weight is 237 g/mol. The zero-order valence-electron chi connectivity index (χ0n) is 9.70. The summed E-state index contributed by atoms with van der Waals surface area (Å²) < 4.78 is 0. The number of phenolic OH excluding ortho intramolecular Hbond substituents is 1. The second-order valence-electron chi connectivity index (χ2n) is 3.98. The Labute approximate surface area is 99.3 Å². The summed E-state index contributed by atoms with van der Waals surface area (Å²) in [7, 11) is 0. The van der Waals surface area contributed by atoms with Crippen LogP contribution in [-0.2, 0) is 9.59 Å². The van der Waals surface area contributed by atoms with Crippen LogP contribution >= 0.6 is 0 Å². The lowest BCUT2D eigenvalue weighted by molar-refractivity contribution is -0.148. The number of phenols is 1. The van der Waals surface area contributed by atoms with E-state index in [2.05, 4.69) is 0 Å². The summed E-state index contributed by atoms with van der Waals surface area (Å²) in [5.74, 6) is -1.04. The van der Waals surface area contributed by atoms with Crippen LogP contribution < -0.4 is 0 Å². The number of aliphatic carboxylic acids is 1. The molecule has 0 spiro atoms. The van der Waals surface area contributed by atoms with Crippen LogP contribution in [0, 0.1) is 0 Å². The van der Waals surface area contributed by atoms with E-state index >= 15 is 0 Å². The highest BCUT2D eigenvalue weighted by Gasteiger charge is 2.28. The SMILES string of the molecule is CC(C)N(C=O)C(C(=O)O)c1ccc(O)cc1.